The number of sulfonamides is 1. The zero-order chi connectivity index (χ0) is 20.6. The van der Waals surface area contributed by atoms with Crippen molar-refractivity contribution in [2.45, 2.75) is 19.8 Å². The number of carbonyl (C=O) groups is 1. The van der Waals surface area contributed by atoms with Crippen molar-refractivity contribution in [2.75, 3.05) is 24.7 Å². The van der Waals surface area contributed by atoms with Crippen molar-refractivity contribution in [3.8, 4) is 11.3 Å². The van der Waals surface area contributed by atoms with Crippen LogP contribution in [-0.4, -0.2) is 52.3 Å². The number of aromatic nitrogens is 3. The van der Waals surface area contributed by atoms with Gasteiger partial charge in [0.2, 0.25) is 21.7 Å². The van der Waals surface area contributed by atoms with E-state index in [0.717, 1.165) is 17.0 Å². The zero-order valence-electron chi connectivity index (χ0n) is 16.4. The molecule has 1 N–H and O–H groups in total. The molecule has 1 aliphatic heterocycles. The van der Waals surface area contributed by atoms with Gasteiger partial charge in [-0.2, -0.15) is 0 Å². The van der Waals surface area contributed by atoms with E-state index in [1.807, 2.05) is 47.9 Å². The van der Waals surface area contributed by atoms with Gasteiger partial charge in [0.25, 0.3) is 0 Å². The maximum absolute atomic E-state index is 12.7. The second-order valence-electron chi connectivity index (χ2n) is 7.34. The van der Waals surface area contributed by atoms with Gasteiger partial charge in [-0.3, -0.25) is 9.20 Å². The van der Waals surface area contributed by atoms with Crippen LogP contribution in [0, 0.1) is 12.8 Å². The molecule has 29 heavy (non-hydrogen) atoms. The Morgan fingerprint density at radius 2 is 1.97 bits per heavy atom. The number of nitrogens with zero attached hydrogens (tertiary/aromatic N) is 4. The summed E-state index contributed by atoms with van der Waals surface area (Å²) < 4.78 is 26.6. The van der Waals surface area contributed by atoms with Gasteiger partial charge in [0.05, 0.1) is 11.9 Å². The van der Waals surface area contributed by atoms with E-state index in [4.69, 9.17) is 0 Å². The Hall–Kier alpha value is -2.78. The van der Waals surface area contributed by atoms with Crippen LogP contribution in [-0.2, 0) is 14.8 Å². The van der Waals surface area contributed by atoms with Crippen LogP contribution in [0.15, 0.2) is 42.7 Å². The summed E-state index contributed by atoms with van der Waals surface area (Å²) in [6, 6.07) is 9.44. The van der Waals surface area contributed by atoms with Crippen LogP contribution in [0.3, 0.4) is 0 Å². The highest BCUT2D eigenvalue weighted by Crippen LogP contribution is 2.27. The largest absolute Gasteiger partial charge is 0.326 e. The molecule has 0 saturated carbocycles. The van der Waals surface area contributed by atoms with Crippen LogP contribution < -0.4 is 5.32 Å². The summed E-state index contributed by atoms with van der Waals surface area (Å²) in [5, 5.41) is 2.97. The highest BCUT2D eigenvalue weighted by Gasteiger charge is 2.29. The third-order valence-corrected chi connectivity index (χ3v) is 6.64. The van der Waals surface area contributed by atoms with E-state index in [1.165, 1.54) is 10.6 Å². The maximum Gasteiger partial charge on any atom is 0.234 e. The van der Waals surface area contributed by atoms with Crippen molar-refractivity contribution in [3.63, 3.8) is 0 Å². The summed E-state index contributed by atoms with van der Waals surface area (Å²) in [4.78, 5) is 21.6. The van der Waals surface area contributed by atoms with Gasteiger partial charge in [0.1, 0.15) is 0 Å². The van der Waals surface area contributed by atoms with E-state index in [2.05, 4.69) is 15.3 Å². The van der Waals surface area contributed by atoms with Crippen molar-refractivity contribution < 1.29 is 13.2 Å². The first-order chi connectivity index (χ1) is 13.8. The first-order valence-corrected chi connectivity index (χ1v) is 11.3. The molecule has 152 valence electrons. The number of piperidine rings is 1. The molecule has 3 aromatic rings. The number of rotatable bonds is 4. The predicted molar refractivity (Wildman–Crippen MR) is 111 cm³/mol. The van der Waals surface area contributed by atoms with Crippen molar-refractivity contribution in [3.05, 3.63) is 48.4 Å². The normalized spacial score (nSPS) is 16.2. The molecule has 0 spiro atoms. The fraction of sp³-hybridized carbons (Fsp3) is 0.350. The Kier molecular flexibility index (Phi) is 5.10. The number of aryl methyl sites for hydroxylation is 1. The standard InChI is InChI=1S/C20H23N5O3S/c1-14-18(23-20-21-9-4-10-25(14)20)16-5-3-6-17(13-16)22-19(26)15-7-11-24(12-8-15)29(2,27)28/h3-6,9-10,13,15H,7-8,11-12H2,1-2H3,(H,22,26). The summed E-state index contributed by atoms with van der Waals surface area (Å²) in [5.74, 6) is 0.355. The minimum atomic E-state index is -3.20. The molecular weight excluding hydrogens is 390 g/mol. The van der Waals surface area contributed by atoms with E-state index in [9.17, 15) is 13.2 Å². The van der Waals surface area contributed by atoms with Gasteiger partial charge in [-0.25, -0.2) is 22.7 Å². The lowest BCUT2D eigenvalue weighted by atomic mass is 9.97. The first-order valence-electron chi connectivity index (χ1n) is 9.49. The molecule has 1 amide bonds. The summed E-state index contributed by atoms with van der Waals surface area (Å²) >= 11 is 0. The van der Waals surface area contributed by atoms with E-state index < -0.39 is 10.0 Å². The van der Waals surface area contributed by atoms with Gasteiger partial charge in [-0.15, -0.1) is 0 Å². The molecule has 8 nitrogen and oxygen atoms in total. The Morgan fingerprint density at radius 1 is 1.21 bits per heavy atom. The molecule has 0 aliphatic carbocycles. The van der Waals surface area contributed by atoms with Gasteiger partial charge in [0, 0.05) is 48.3 Å². The van der Waals surface area contributed by atoms with Crippen molar-refractivity contribution >= 4 is 27.4 Å². The lowest BCUT2D eigenvalue weighted by Gasteiger charge is -2.29. The van der Waals surface area contributed by atoms with Crippen LogP contribution in [0.5, 0.6) is 0 Å². The quantitative estimate of drug-likeness (QED) is 0.708. The molecule has 0 unspecified atom stereocenters. The number of hydrogen-bond donors (Lipinski definition) is 1. The number of benzene rings is 1. The Bertz CT molecular complexity index is 1160. The lowest BCUT2D eigenvalue weighted by molar-refractivity contribution is -0.120. The third-order valence-electron chi connectivity index (χ3n) is 5.34. The highest BCUT2D eigenvalue weighted by molar-refractivity contribution is 7.88. The number of fused-ring (bicyclic) bond motifs is 1. The summed E-state index contributed by atoms with van der Waals surface area (Å²) in [6.45, 7) is 2.74. The Labute approximate surface area is 169 Å². The number of amides is 1. The molecule has 9 heteroatoms. The Morgan fingerprint density at radius 3 is 2.66 bits per heavy atom. The number of nitrogens with one attached hydrogen (secondary N) is 1. The molecule has 4 rings (SSSR count). The van der Waals surface area contributed by atoms with Crippen molar-refractivity contribution in [2.24, 2.45) is 5.92 Å². The second kappa shape index (κ2) is 7.57. The van der Waals surface area contributed by atoms with Gasteiger partial charge in [0.15, 0.2) is 0 Å². The number of anilines is 1. The molecule has 2 aromatic heterocycles. The average Bonchev–Trinajstić information content (AvgIpc) is 3.05. The van der Waals surface area contributed by atoms with E-state index >= 15 is 0 Å². The molecule has 0 atom stereocenters. The minimum absolute atomic E-state index is 0.0799. The van der Waals surface area contributed by atoms with E-state index in [-0.39, 0.29) is 11.8 Å². The molecule has 3 heterocycles. The summed E-state index contributed by atoms with van der Waals surface area (Å²) in [6.07, 6.45) is 5.88. The van der Waals surface area contributed by atoms with Crippen LogP contribution in [0.1, 0.15) is 18.5 Å². The summed E-state index contributed by atoms with van der Waals surface area (Å²) in [7, 11) is -3.20. The fourth-order valence-corrected chi connectivity index (χ4v) is 4.59. The van der Waals surface area contributed by atoms with Crippen LogP contribution in [0.4, 0.5) is 5.69 Å². The SMILES string of the molecule is Cc1c(-c2cccc(NC(=O)C3CCN(S(C)(=O)=O)CC3)c2)nc2ncccn12. The predicted octanol–water partition coefficient (Wildman–Crippen LogP) is 2.31. The van der Waals surface area contributed by atoms with E-state index in [1.54, 1.807) is 6.20 Å². The Balaban J connectivity index is 1.49. The minimum Gasteiger partial charge on any atom is -0.326 e. The van der Waals surface area contributed by atoms with Gasteiger partial charge in [-0.1, -0.05) is 12.1 Å². The van der Waals surface area contributed by atoms with Gasteiger partial charge >= 0.3 is 0 Å². The molecule has 1 saturated heterocycles. The first kappa shape index (κ1) is 19.5. The highest BCUT2D eigenvalue weighted by atomic mass is 32.2. The fourth-order valence-electron chi connectivity index (χ4n) is 3.71. The van der Waals surface area contributed by atoms with Crippen LogP contribution in [0.2, 0.25) is 0 Å². The third kappa shape index (κ3) is 4.01. The van der Waals surface area contributed by atoms with Crippen molar-refractivity contribution in [1.82, 2.24) is 18.7 Å². The molecule has 1 aliphatic rings. The molecule has 0 bridgehead atoms. The number of hydrogen-bond acceptors (Lipinski definition) is 5. The zero-order valence-corrected chi connectivity index (χ0v) is 17.2. The van der Waals surface area contributed by atoms with Crippen molar-refractivity contribution in [1.29, 1.82) is 0 Å². The molecular formula is C20H23N5O3S. The van der Waals surface area contributed by atoms with Crippen LogP contribution in [0.25, 0.3) is 17.0 Å². The molecule has 1 fully saturated rings. The second-order valence-corrected chi connectivity index (χ2v) is 9.32. The van der Waals surface area contributed by atoms with Crippen LogP contribution >= 0.6 is 0 Å². The monoisotopic (exact) mass is 413 g/mol. The summed E-state index contributed by atoms with van der Waals surface area (Å²) in [5.41, 5.74) is 3.39. The van der Waals surface area contributed by atoms with E-state index in [0.29, 0.717) is 37.4 Å². The topological polar surface area (TPSA) is 96.7 Å². The molecule has 1 aromatic carbocycles. The number of carbonyl (C=O) groups excluding carboxylic acids is 1. The smallest absolute Gasteiger partial charge is 0.234 e. The van der Waals surface area contributed by atoms with Gasteiger partial charge in [-0.05, 0) is 38.0 Å². The maximum atomic E-state index is 12.7. The number of imidazole rings is 1. The average molecular weight is 414 g/mol. The van der Waals surface area contributed by atoms with Gasteiger partial charge < -0.3 is 5.32 Å². The molecule has 0 radical (unpaired) electrons. The lowest BCUT2D eigenvalue weighted by Crippen LogP contribution is -2.40.